The number of benzene rings is 4. The van der Waals surface area contributed by atoms with Gasteiger partial charge >= 0.3 is 22.7 Å². The zero-order chi connectivity index (χ0) is 34.4. The minimum absolute atomic E-state index is 0. The Morgan fingerprint density at radius 2 is 1.21 bits per heavy atom. The lowest BCUT2D eigenvalue weighted by Crippen LogP contribution is -2.28. The van der Waals surface area contributed by atoms with Gasteiger partial charge in [-0.3, -0.25) is 9.59 Å². The Bertz CT molecular complexity index is 1830. The van der Waals surface area contributed by atoms with Gasteiger partial charge in [0.2, 0.25) is 0 Å². The Labute approximate surface area is 279 Å². The van der Waals surface area contributed by atoms with Crippen molar-refractivity contribution < 1.29 is 45.4 Å². The van der Waals surface area contributed by atoms with Crippen molar-refractivity contribution in [3.05, 3.63) is 113 Å². The summed E-state index contributed by atoms with van der Waals surface area (Å²) in [5.74, 6) is 0.410. The van der Waals surface area contributed by atoms with Crippen molar-refractivity contribution in [1.82, 2.24) is 0 Å². The van der Waals surface area contributed by atoms with Gasteiger partial charge in [0.05, 0.1) is 0 Å². The first-order valence-electron chi connectivity index (χ1n) is 14.9. The number of aryl methyl sites for hydroxylation is 2. The van der Waals surface area contributed by atoms with Gasteiger partial charge in [0.15, 0.2) is 5.75 Å². The first-order chi connectivity index (χ1) is 22.3. The summed E-state index contributed by atoms with van der Waals surface area (Å²) < 4.78 is 64.2. The van der Waals surface area contributed by atoms with E-state index in [1.54, 1.807) is 31.2 Å². The average molecular weight is 683 g/mol. The second-order valence-electron chi connectivity index (χ2n) is 11.5. The van der Waals surface area contributed by atoms with E-state index in [-0.39, 0.29) is 24.4 Å². The molecule has 4 aromatic carbocycles. The van der Waals surface area contributed by atoms with Crippen LogP contribution in [-0.2, 0) is 10.1 Å². The number of hydrogen-bond acceptors (Lipinski definition) is 7. The largest absolute Gasteiger partial charge is 0.534 e. The lowest BCUT2D eigenvalue weighted by atomic mass is 9.84. The monoisotopic (exact) mass is 682 g/mol. The van der Waals surface area contributed by atoms with Gasteiger partial charge in [0.25, 0.3) is 0 Å². The summed E-state index contributed by atoms with van der Waals surface area (Å²) in [5.41, 5.74) is 1.78. The maximum atomic E-state index is 12.5. The molecule has 2 fully saturated rings. The highest BCUT2D eigenvalue weighted by molar-refractivity contribution is 7.88. The van der Waals surface area contributed by atoms with E-state index in [4.69, 9.17) is 10.0 Å². The molecule has 0 radical (unpaired) electrons. The van der Waals surface area contributed by atoms with Gasteiger partial charge < -0.3 is 14.2 Å². The minimum Gasteiger partial charge on any atom is -0.427 e. The van der Waals surface area contributed by atoms with Gasteiger partial charge in [-0.1, -0.05) is 80.9 Å². The van der Waals surface area contributed by atoms with E-state index < -0.39 is 28.5 Å². The maximum absolute atomic E-state index is 12.5. The fraction of sp³-hybridized carbons (Fsp3) is 0.278. The SMILES string of the molecule is C.Cc1ccccc1-c1cc(C=O)ccc1C1CC1.Cc1ccccc1-c1cc(C=O)ccc1OS(=O)(=O)C(F)(F)F.OB(O)C1CC1. The predicted octanol–water partition coefficient (Wildman–Crippen LogP) is 8.31. The fourth-order valence-electron chi connectivity index (χ4n) is 4.84. The van der Waals surface area contributed by atoms with Crippen LogP contribution in [0.1, 0.15) is 76.4 Å². The molecule has 2 saturated carbocycles. The van der Waals surface area contributed by atoms with Gasteiger partial charge in [0, 0.05) is 16.7 Å². The van der Waals surface area contributed by atoms with Crippen molar-refractivity contribution >= 4 is 29.8 Å². The molecule has 0 amide bonds. The van der Waals surface area contributed by atoms with Crippen LogP contribution in [0.4, 0.5) is 13.2 Å². The summed E-state index contributed by atoms with van der Waals surface area (Å²) in [6.45, 7) is 3.82. The Hall–Kier alpha value is -4.26. The molecule has 2 aliphatic carbocycles. The normalized spacial score (nSPS) is 13.8. The standard InChI is InChI=1S/C17H16O.C15H11F3O4S.C3H7BO2.CH4/c1-12-4-2-3-5-15(12)17-10-13(11-18)6-9-16(17)14-7-8-14;1-10-4-2-3-5-12(10)13-8-11(9-19)6-7-14(13)22-23(20,21)15(16,17)18;5-4(6)3-1-2-3;/h2-6,9-11,14H,7-8H2,1H3;2-9H,1H3;3,5-6H,1-2H2;1H4. The number of hydrogen-bond donors (Lipinski definition) is 2. The van der Waals surface area contributed by atoms with Crippen molar-refractivity contribution in [1.29, 1.82) is 0 Å². The van der Waals surface area contributed by atoms with E-state index in [2.05, 4.69) is 41.4 Å². The van der Waals surface area contributed by atoms with Crippen LogP contribution in [0.15, 0.2) is 84.9 Å². The van der Waals surface area contributed by atoms with Crippen LogP contribution in [0.5, 0.6) is 5.75 Å². The van der Waals surface area contributed by atoms with Crippen LogP contribution >= 0.6 is 0 Å². The summed E-state index contributed by atoms with van der Waals surface area (Å²) >= 11 is 0. The summed E-state index contributed by atoms with van der Waals surface area (Å²) in [7, 11) is -6.84. The van der Waals surface area contributed by atoms with Crippen LogP contribution in [0.3, 0.4) is 0 Å². The molecule has 6 rings (SSSR count). The molecule has 2 aliphatic rings. The highest BCUT2D eigenvalue weighted by Gasteiger charge is 2.48. The number of halogens is 3. The van der Waals surface area contributed by atoms with E-state index in [1.165, 1.54) is 47.2 Å². The molecule has 0 atom stereocenters. The van der Waals surface area contributed by atoms with E-state index in [1.807, 2.05) is 12.1 Å². The number of alkyl halides is 3. The number of carbonyl (C=O) groups excluding carboxylic acids is 2. The maximum Gasteiger partial charge on any atom is 0.534 e. The van der Waals surface area contributed by atoms with Crippen LogP contribution < -0.4 is 4.18 Å². The zero-order valence-corrected chi connectivity index (χ0v) is 26.6. The van der Waals surface area contributed by atoms with Crippen molar-refractivity contribution in [2.24, 2.45) is 0 Å². The minimum atomic E-state index is -5.80. The molecule has 12 heteroatoms. The molecular weight excluding hydrogens is 644 g/mol. The van der Waals surface area contributed by atoms with Crippen molar-refractivity contribution in [2.45, 2.75) is 64.2 Å². The second kappa shape index (κ2) is 16.2. The van der Waals surface area contributed by atoms with Crippen LogP contribution in [-0.4, -0.2) is 43.7 Å². The lowest BCUT2D eigenvalue weighted by molar-refractivity contribution is -0.0499. The number of aldehydes is 2. The lowest BCUT2D eigenvalue weighted by Gasteiger charge is -2.14. The molecule has 0 unspecified atom stereocenters. The predicted molar refractivity (Wildman–Crippen MR) is 181 cm³/mol. The van der Waals surface area contributed by atoms with Gasteiger partial charge in [-0.25, -0.2) is 0 Å². The van der Waals surface area contributed by atoms with Crippen molar-refractivity contribution in [3.8, 4) is 28.0 Å². The molecule has 0 spiro atoms. The Morgan fingerprint density at radius 1 is 0.729 bits per heavy atom. The van der Waals surface area contributed by atoms with E-state index in [0.717, 1.165) is 30.8 Å². The first-order valence-corrected chi connectivity index (χ1v) is 16.3. The molecule has 0 heterocycles. The van der Waals surface area contributed by atoms with Gasteiger partial charge in [-0.15, -0.1) is 0 Å². The molecule has 0 saturated heterocycles. The molecule has 48 heavy (non-hydrogen) atoms. The third-order valence-corrected chi connectivity index (χ3v) is 8.73. The fourth-order valence-corrected chi connectivity index (χ4v) is 5.32. The van der Waals surface area contributed by atoms with Crippen LogP contribution in [0.25, 0.3) is 22.3 Å². The third kappa shape index (κ3) is 9.88. The molecule has 254 valence electrons. The number of carbonyl (C=O) groups is 2. The van der Waals surface area contributed by atoms with E-state index in [0.29, 0.717) is 23.3 Å². The highest BCUT2D eigenvalue weighted by Crippen LogP contribution is 2.45. The smallest absolute Gasteiger partial charge is 0.427 e. The Morgan fingerprint density at radius 3 is 1.62 bits per heavy atom. The topological polar surface area (TPSA) is 118 Å². The van der Waals surface area contributed by atoms with Crippen LogP contribution in [0.2, 0.25) is 5.82 Å². The third-order valence-electron chi connectivity index (χ3n) is 7.77. The Balaban J connectivity index is 0.000000221. The molecule has 0 aromatic heterocycles. The van der Waals surface area contributed by atoms with Crippen LogP contribution in [0, 0.1) is 13.8 Å². The van der Waals surface area contributed by atoms with Crippen molar-refractivity contribution in [3.63, 3.8) is 0 Å². The summed E-state index contributed by atoms with van der Waals surface area (Å²) in [4.78, 5) is 21.9. The summed E-state index contributed by atoms with van der Waals surface area (Å²) in [5, 5.41) is 16.5. The highest BCUT2D eigenvalue weighted by atomic mass is 32.2. The Kier molecular flexibility index (Phi) is 12.9. The van der Waals surface area contributed by atoms with E-state index in [9.17, 15) is 31.2 Å². The molecule has 0 bridgehead atoms. The summed E-state index contributed by atoms with van der Waals surface area (Å²) in [6, 6.07) is 24.6. The van der Waals surface area contributed by atoms with E-state index >= 15 is 0 Å². The molecular formula is C36H38BF3O7S. The molecule has 4 aromatic rings. The molecule has 7 nitrogen and oxygen atoms in total. The summed E-state index contributed by atoms with van der Waals surface area (Å²) in [6.07, 6.45) is 5.98. The first kappa shape index (κ1) is 38.2. The van der Waals surface area contributed by atoms with Gasteiger partial charge in [-0.05, 0) is 96.1 Å². The van der Waals surface area contributed by atoms with Gasteiger partial charge in [0.1, 0.15) is 12.6 Å². The van der Waals surface area contributed by atoms with Gasteiger partial charge in [-0.2, -0.15) is 21.6 Å². The average Bonchev–Trinajstić information content (AvgIpc) is 3.95. The quantitative estimate of drug-likeness (QED) is 0.0831. The zero-order valence-electron chi connectivity index (χ0n) is 25.8. The molecule has 2 N–H and O–H groups in total. The second-order valence-corrected chi connectivity index (χ2v) is 13.0. The molecule has 0 aliphatic heterocycles. The van der Waals surface area contributed by atoms with Crippen molar-refractivity contribution in [2.75, 3.05) is 0 Å². The number of rotatable bonds is 8.